The average molecular weight is 251 g/mol. The smallest absolute Gasteiger partial charge is 0.238 e. The number of rotatable bonds is 4. The average Bonchev–Trinajstić information content (AvgIpc) is 2.41. The Morgan fingerprint density at radius 1 is 1.65 bits per heavy atom. The molecule has 4 nitrogen and oxygen atoms in total. The van der Waals surface area contributed by atoms with Gasteiger partial charge in [0, 0.05) is 37.0 Å². The number of amides is 1. The molecule has 1 aliphatic heterocycles. The van der Waals surface area contributed by atoms with E-state index in [1.165, 1.54) is 0 Å². The minimum atomic E-state index is -0.0253. The second kappa shape index (κ2) is 6.61. The molecule has 5 heteroatoms. The van der Waals surface area contributed by atoms with Gasteiger partial charge in [-0.05, 0) is 18.1 Å². The highest BCUT2D eigenvalue weighted by atomic mass is 32.2. The van der Waals surface area contributed by atoms with E-state index >= 15 is 0 Å². The van der Waals surface area contributed by atoms with Crippen molar-refractivity contribution in [3.05, 3.63) is 30.1 Å². The van der Waals surface area contributed by atoms with Crippen molar-refractivity contribution in [3.8, 4) is 0 Å². The summed E-state index contributed by atoms with van der Waals surface area (Å²) in [5.41, 5.74) is 1.15. The van der Waals surface area contributed by atoms with E-state index in [-0.39, 0.29) is 11.9 Å². The number of nitrogens with one attached hydrogen (secondary N) is 2. The Balaban J connectivity index is 1.69. The van der Waals surface area contributed by atoms with Gasteiger partial charge in [0.15, 0.2) is 0 Å². The minimum Gasteiger partial charge on any atom is -0.354 e. The Morgan fingerprint density at radius 2 is 2.59 bits per heavy atom. The zero-order chi connectivity index (χ0) is 11.9. The van der Waals surface area contributed by atoms with Crippen molar-refractivity contribution in [2.24, 2.45) is 0 Å². The molecule has 0 spiro atoms. The molecule has 1 saturated heterocycles. The molecule has 1 aromatic heterocycles. The van der Waals surface area contributed by atoms with E-state index in [1.54, 1.807) is 6.20 Å². The SMILES string of the molecule is O=C(NCCc1cccnc1)C1CSCCN1. The van der Waals surface area contributed by atoms with Crippen molar-refractivity contribution in [3.63, 3.8) is 0 Å². The molecule has 0 aliphatic carbocycles. The summed E-state index contributed by atoms with van der Waals surface area (Å²) in [7, 11) is 0. The number of carbonyl (C=O) groups is 1. The molecule has 0 radical (unpaired) electrons. The van der Waals surface area contributed by atoms with E-state index in [0.717, 1.165) is 30.0 Å². The highest BCUT2D eigenvalue weighted by Gasteiger charge is 2.19. The Morgan fingerprint density at radius 3 is 3.29 bits per heavy atom. The van der Waals surface area contributed by atoms with Crippen molar-refractivity contribution in [2.75, 3.05) is 24.6 Å². The van der Waals surface area contributed by atoms with Crippen LogP contribution in [0, 0.1) is 0 Å². The van der Waals surface area contributed by atoms with Crippen LogP contribution < -0.4 is 10.6 Å². The molecule has 0 aromatic carbocycles. The molecule has 1 fully saturated rings. The number of aromatic nitrogens is 1. The molecular weight excluding hydrogens is 234 g/mol. The molecule has 1 aromatic rings. The third kappa shape index (κ3) is 4.02. The van der Waals surface area contributed by atoms with Crippen LogP contribution in [0.1, 0.15) is 5.56 Å². The molecule has 2 N–H and O–H groups in total. The molecule has 2 heterocycles. The highest BCUT2D eigenvalue weighted by molar-refractivity contribution is 7.99. The first-order valence-electron chi connectivity index (χ1n) is 5.84. The lowest BCUT2D eigenvalue weighted by Crippen LogP contribution is -2.49. The number of nitrogens with zero attached hydrogens (tertiary/aromatic N) is 1. The molecule has 1 atom stereocenters. The number of pyridine rings is 1. The van der Waals surface area contributed by atoms with Crippen molar-refractivity contribution in [1.29, 1.82) is 0 Å². The lowest BCUT2D eigenvalue weighted by atomic mass is 10.2. The fourth-order valence-electron chi connectivity index (χ4n) is 1.73. The Bertz CT molecular complexity index is 352. The van der Waals surface area contributed by atoms with Crippen LogP contribution >= 0.6 is 11.8 Å². The quantitative estimate of drug-likeness (QED) is 0.815. The molecule has 17 heavy (non-hydrogen) atoms. The lowest BCUT2D eigenvalue weighted by molar-refractivity contribution is -0.122. The summed E-state index contributed by atoms with van der Waals surface area (Å²) in [5, 5.41) is 6.18. The van der Waals surface area contributed by atoms with Gasteiger partial charge >= 0.3 is 0 Å². The van der Waals surface area contributed by atoms with Gasteiger partial charge in [0.1, 0.15) is 0 Å². The maximum atomic E-state index is 11.8. The van der Waals surface area contributed by atoms with Gasteiger partial charge < -0.3 is 10.6 Å². The third-order valence-electron chi connectivity index (χ3n) is 2.67. The van der Waals surface area contributed by atoms with Crippen LogP contribution in [-0.4, -0.2) is 41.5 Å². The van der Waals surface area contributed by atoms with Gasteiger partial charge in [-0.25, -0.2) is 0 Å². The third-order valence-corrected chi connectivity index (χ3v) is 3.74. The topological polar surface area (TPSA) is 54.0 Å². The summed E-state index contributed by atoms with van der Waals surface area (Å²) in [5.74, 6) is 2.08. The van der Waals surface area contributed by atoms with Crippen LogP contribution in [0.4, 0.5) is 0 Å². The van der Waals surface area contributed by atoms with Crippen molar-refractivity contribution in [1.82, 2.24) is 15.6 Å². The molecule has 1 aliphatic rings. The first-order valence-corrected chi connectivity index (χ1v) is 6.99. The number of hydrogen-bond acceptors (Lipinski definition) is 4. The molecule has 1 amide bonds. The Labute approximate surface area is 106 Å². The number of hydrogen-bond donors (Lipinski definition) is 2. The lowest BCUT2D eigenvalue weighted by Gasteiger charge is -2.22. The monoisotopic (exact) mass is 251 g/mol. The molecular formula is C12H17N3OS. The largest absolute Gasteiger partial charge is 0.354 e. The summed E-state index contributed by atoms with van der Waals surface area (Å²) < 4.78 is 0. The summed E-state index contributed by atoms with van der Waals surface area (Å²) in [4.78, 5) is 15.8. The van der Waals surface area contributed by atoms with Gasteiger partial charge in [-0.2, -0.15) is 11.8 Å². The van der Waals surface area contributed by atoms with Gasteiger partial charge in [0.2, 0.25) is 5.91 Å². The second-order valence-corrected chi connectivity index (χ2v) is 5.13. The fraction of sp³-hybridized carbons (Fsp3) is 0.500. The van der Waals surface area contributed by atoms with Crippen LogP contribution in [0.5, 0.6) is 0 Å². The fourth-order valence-corrected chi connectivity index (χ4v) is 2.67. The standard InChI is InChI=1S/C12H17N3OS/c16-12(11-9-17-7-6-14-11)15-5-3-10-2-1-4-13-8-10/h1-2,4,8,11,14H,3,5-7,9H2,(H,15,16). The minimum absolute atomic E-state index is 0.0253. The first kappa shape index (κ1) is 12.4. The summed E-state index contributed by atoms with van der Waals surface area (Å²) in [6.07, 6.45) is 4.42. The maximum absolute atomic E-state index is 11.8. The second-order valence-electron chi connectivity index (χ2n) is 3.98. The molecule has 0 saturated carbocycles. The molecule has 0 bridgehead atoms. The van der Waals surface area contributed by atoms with Crippen LogP contribution in [0.2, 0.25) is 0 Å². The van der Waals surface area contributed by atoms with E-state index < -0.39 is 0 Å². The van der Waals surface area contributed by atoms with Gasteiger partial charge in [-0.3, -0.25) is 9.78 Å². The maximum Gasteiger partial charge on any atom is 0.238 e. The summed E-state index contributed by atoms with van der Waals surface area (Å²) >= 11 is 1.83. The summed E-state index contributed by atoms with van der Waals surface area (Å²) in [6, 6.07) is 3.91. The van der Waals surface area contributed by atoms with Gasteiger partial charge in [0.05, 0.1) is 6.04 Å². The van der Waals surface area contributed by atoms with Crippen molar-refractivity contribution >= 4 is 17.7 Å². The van der Waals surface area contributed by atoms with E-state index in [2.05, 4.69) is 15.6 Å². The van der Waals surface area contributed by atoms with E-state index in [1.807, 2.05) is 30.1 Å². The van der Waals surface area contributed by atoms with E-state index in [9.17, 15) is 4.79 Å². The number of carbonyl (C=O) groups excluding carboxylic acids is 1. The van der Waals surface area contributed by atoms with Crippen LogP contribution in [-0.2, 0) is 11.2 Å². The molecule has 2 rings (SSSR count). The zero-order valence-corrected chi connectivity index (χ0v) is 10.5. The molecule has 92 valence electrons. The number of thioether (sulfide) groups is 1. The van der Waals surface area contributed by atoms with E-state index in [4.69, 9.17) is 0 Å². The normalized spacial score (nSPS) is 19.9. The van der Waals surface area contributed by atoms with E-state index in [0.29, 0.717) is 6.54 Å². The van der Waals surface area contributed by atoms with Crippen LogP contribution in [0.15, 0.2) is 24.5 Å². The summed E-state index contributed by atoms with van der Waals surface area (Å²) in [6.45, 7) is 1.60. The predicted molar refractivity (Wildman–Crippen MR) is 70.1 cm³/mol. The Hall–Kier alpha value is -1.07. The Kier molecular flexibility index (Phi) is 4.82. The van der Waals surface area contributed by atoms with Crippen molar-refractivity contribution < 1.29 is 4.79 Å². The van der Waals surface area contributed by atoms with Gasteiger partial charge in [0.25, 0.3) is 0 Å². The zero-order valence-electron chi connectivity index (χ0n) is 9.69. The van der Waals surface area contributed by atoms with Crippen molar-refractivity contribution in [2.45, 2.75) is 12.5 Å². The first-order chi connectivity index (χ1) is 8.36. The highest BCUT2D eigenvalue weighted by Crippen LogP contribution is 2.07. The predicted octanol–water partition coefficient (Wildman–Crippen LogP) is 0.445. The van der Waals surface area contributed by atoms with Gasteiger partial charge in [-0.1, -0.05) is 6.07 Å². The van der Waals surface area contributed by atoms with Crippen LogP contribution in [0.3, 0.4) is 0 Å². The van der Waals surface area contributed by atoms with Crippen LogP contribution in [0.25, 0.3) is 0 Å². The van der Waals surface area contributed by atoms with Gasteiger partial charge in [-0.15, -0.1) is 0 Å². The molecule has 1 unspecified atom stereocenters.